The van der Waals surface area contributed by atoms with Gasteiger partial charge in [-0.1, -0.05) is 19.1 Å². The Morgan fingerprint density at radius 3 is 2.39 bits per heavy atom. The second-order valence-corrected chi connectivity index (χ2v) is 6.78. The molecule has 0 saturated carbocycles. The van der Waals surface area contributed by atoms with Crippen LogP contribution in [0.2, 0.25) is 0 Å². The first kappa shape index (κ1) is 15.1. The van der Waals surface area contributed by atoms with E-state index in [0.29, 0.717) is 12.8 Å². The summed E-state index contributed by atoms with van der Waals surface area (Å²) in [4.78, 5) is 0. The molecule has 0 radical (unpaired) electrons. The van der Waals surface area contributed by atoms with Crippen molar-refractivity contribution in [2.24, 2.45) is 0 Å². The number of aliphatic hydroxyl groups excluding tert-OH is 1. The molecule has 0 fully saturated rings. The molecule has 0 aromatic heterocycles. The van der Waals surface area contributed by atoms with Crippen LogP contribution in [0, 0.1) is 5.82 Å². The highest BCUT2D eigenvalue weighted by atomic mass is 32.2. The molecule has 1 atom stereocenters. The molecule has 0 heterocycles. The smallest absolute Gasteiger partial charge is 0.150 e. The van der Waals surface area contributed by atoms with E-state index in [1.165, 1.54) is 12.1 Å². The fraction of sp³-hybridized carbons (Fsp3) is 0.538. The first-order chi connectivity index (χ1) is 8.48. The molecule has 0 saturated heterocycles. The standard InChI is InChI=1S/C13H19FO3S/c1-2-18(16,17)9-3-4-12(10-15)11-5-7-13(14)8-6-11/h5-8,12,15H,2-4,9-10H2,1H3. The quantitative estimate of drug-likeness (QED) is 0.828. The monoisotopic (exact) mass is 274 g/mol. The lowest BCUT2D eigenvalue weighted by molar-refractivity contribution is 0.258. The molecule has 18 heavy (non-hydrogen) atoms. The molecule has 1 unspecified atom stereocenters. The van der Waals surface area contributed by atoms with Crippen molar-refractivity contribution in [2.75, 3.05) is 18.1 Å². The van der Waals surface area contributed by atoms with Crippen LogP contribution in [0.25, 0.3) is 0 Å². The predicted molar refractivity (Wildman–Crippen MR) is 69.8 cm³/mol. The molecule has 0 aliphatic rings. The van der Waals surface area contributed by atoms with Crippen molar-refractivity contribution >= 4 is 9.84 Å². The van der Waals surface area contributed by atoms with Crippen LogP contribution < -0.4 is 0 Å². The zero-order chi connectivity index (χ0) is 13.6. The average molecular weight is 274 g/mol. The molecule has 102 valence electrons. The van der Waals surface area contributed by atoms with Crippen LogP contribution in [-0.4, -0.2) is 31.6 Å². The van der Waals surface area contributed by atoms with Gasteiger partial charge in [-0.05, 0) is 30.5 Å². The Hall–Kier alpha value is -0.940. The lowest BCUT2D eigenvalue weighted by Crippen LogP contribution is -2.11. The van der Waals surface area contributed by atoms with Crippen LogP contribution in [0.3, 0.4) is 0 Å². The Bertz CT molecular complexity index is 454. The minimum Gasteiger partial charge on any atom is -0.396 e. The van der Waals surface area contributed by atoms with Crippen molar-refractivity contribution in [3.05, 3.63) is 35.6 Å². The summed E-state index contributed by atoms with van der Waals surface area (Å²) < 4.78 is 35.4. The summed E-state index contributed by atoms with van der Waals surface area (Å²) >= 11 is 0. The maximum Gasteiger partial charge on any atom is 0.150 e. The van der Waals surface area contributed by atoms with Crippen LogP contribution >= 0.6 is 0 Å². The molecule has 5 heteroatoms. The van der Waals surface area contributed by atoms with E-state index >= 15 is 0 Å². The number of aliphatic hydroxyl groups is 1. The number of benzene rings is 1. The number of rotatable bonds is 7. The predicted octanol–water partition coefficient (Wildman–Crippen LogP) is 2.12. The second-order valence-electron chi connectivity index (χ2n) is 4.31. The summed E-state index contributed by atoms with van der Waals surface area (Å²) in [7, 11) is -2.95. The van der Waals surface area contributed by atoms with Crippen LogP contribution in [0.15, 0.2) is 24.3 Å². The maximum atomic E-state index is 12.8. The Balaban J connectivity index is 2.55. The van der Waals surface area contributed by atoms with E-state index in [1.807, 2.05) is 0 Å². The van der Waals surface area contributed by atoms with E-state index < -0.39 is 9.84 Å². The third kappa shape index (κ3) is 4.74. The molecule has 1 aromatic rings. The topological polar surface area (TPSA) is 54.4 Å². The molecule has 0 spiro atoms. The zero-order valence-electron chi connectivity index (χ0n) is 10.5. The molecule has 1 rings (SSSR count). The van der Waals surface area contributed by atoms with Gasteiger partial charge in [0.1, 0.15) is 15.7 Å². The van der Waals surface area contributed by atoms with E-state index in [4.69, 9.17) is 0 Å². The largest absolute Gasteiger partial charge is 0.396 e. The molecule has 0 aliphatic carbocycles. The molecule has 0 amide bonds. The minimum absolute atomic E-state index is 0.0577. The number of sulfone groups is 1. The molecular formula is C13H19FO3S. The summed E-state index contributed by atoms with van der Waals surface area (Å²) in [5, 5.41) is 9.29. The highest BCUT2D eigenvalue weighted by Crippen LogP contribution is 2.21. The molecule has 0 aliphatic heterocycles. The fourth-order valence-corrected chi connectivity index (χ4v) is 2.69. The van der Waals surface area contributed by atoms with Gasteiger partial charge in [0.05, 0.1) is 5.75 Å². The van der Waals surface area contributed by atoms with Crippen molar-refractivity contribution in [3.63, 3.8) is 0 Å². The van der Waals surface area contributed by atoms with Crippen molar-refractivity contribution in [3.8, 4) is 0 Å². The summed E-state index contributed by atoms with van der Waals surface area (Å²) in [6.07, 6.45) is 1.10. The molecule has 0 bridgehead atoms. The highest BCUT2D eigenvalue weighted by Gasteiger charge is 2.13. The first-order valence-corrected chi connectivity index (χ1v) is 7.87. The Labute approximate surface area is 108 Å². The van der Waals surface area contributed by atoms with E-state index in [1.54, 1.807) is 19.1 Å². The van der Waals surface area contributed by atoms with E-state index in [2.05, 4.69) is 0 Å². The van der Waals surface area contributed by atoms with Crippen molar-refractivity contribution in [1.82, 2.24) is 0 Å². The average Bonchev–Trinajstić information content (AvgIpc) is 2.36. The number of hydrogen-bond donors (Lipinski definition) is 1. The lowest BCUT2D eigenvalue weighted by Gasteiger charge is -2.14. The summed E-state index contributed by atoms with van der Waals surface area (Å²) in [5.41, 5.74) is 0.841. The molecule has 3 nitrogen and oxygen atoms in total. The fourth-order valence-electron chi connectivity index (χ4n) is 1.79. The molecular weight excluding hydrogens is 255 g/mol. The minimum atomic E-state index is -2.95. The maximum absolute atomic E-state index is 12.8. The Morgan fingerprint density at radius 2 is 1.89 bits per heavy atom. The van der Waals surface area contributed by atoms with Crippen LogP contribution in [0.5, 0.6) is 0 Å². The van der Waals surface area contributed by atoms with E-state index in [9.17, 15) is 17.9 Å². The number of halogens is 1. The third-order valence-electron chi connectivity index (χ3n) is 3.01. The van der Waals surface area contributed by atoms with Crippen LogP contribution in [0.1, 0.15) is 31.2 Å². The van der Waals surface area contributed by atoms with Gasteiger partial charge < -0.3 is 5.11 Å². The van der Waals surface area contributed by atoms with Crippen molar-refractivity contribution < 1.29 is 17.9 Å². The van der Waals surface area contributed by atoms with Gasteiger partial charge in [0.2, 0.25) is 0 Å². The second kappa shape index (κ2) is 6.85. The normalized spacial score (nSPS) is 13.5. The third-order valence-corrected chi connectivity index (χ3v) is 4.80. The summed E-state index contributed by atoms with van der Waals surface area (Å²) in [6.45, 7) is 1.57. The van der Waals surface area contributed by atoms with Gasteiger partial charge in [-0.25, -0.2) is 12.8 Å². The highest BCUT2D eigenvalue weighted by molar-refractivity contribution is 7.91. The van der Waals surface area contributed by atoms with Crippen molar-refractivity contribution in [1.29, 1.82) is 0 Å². The van der Waals surface area contributed by atoms with Gasteiger partial charge in [0.15, 0.2) is 0 Å². The summed E-state index contributed by atoms with van der Waals surface area (Å²) in [5.74, 6) is -0.157. The van der Waals surface area contributed by atoms with Crippen LogP contribution in [-0.2, 0) is 9.84 Å². The molecule has 1 aromatic carbocycles. The van der Waals surface area contributed by atoms with E-state index in [-0.39, 0.29) is 29.8 Å². The van der Waals surface area contributed by atoms with Gasteiger partial charge in [-0.3, -0.25) is 0 Å². The van der Waals surface area contributed by atoms with Gasteiger partial charge >= 0.3 is 0 Å². The lowest BCUT2D eigenvalue weighted by atomic mass is 9.95. The van der Waals surface area contributed by atoms with Crippen LogP contribution in [0.4, 0.5) is 4.39 Å². The van der Waals surface area contributed by atoms with Gasteiger partial charge in [-0.15, -0.1) is 0 Å². The molecule has 1 N–H and O–H groups in total. The summed E-state index contributed by atoms with van der Waals surface area (Å²) in [6, 6.07) is 5.96. The number of hydrogen-bond acceptors (Lipinski definition) is 3. The first-order valence-electron chi connectivity index (χ1n) is 6.05. The van der Waals surface area contributed by atoms with Gasteiger partial charge in [-0.2, -0.15) is 0 Å². The Morgan fingerprint density at radius 1 is 1.28 bits per heavy atom. The Kier molecular flexibility index (Phi) is 5.75. The van der Waals surface area contributed by atoms with Gasteiger partial charge in [0, 0.05) is 18.3 Å². The van der Waals surface area contributed by atoms with Crippen molar-refractivity contribution in [2.45, 2.75) is 25.7 Å². The zero-order valence-corrected chi connectivity index (χ0v) is 11.3. The van der Waals surface area contributed by atoms with E-state index in [0.717, 1.165) is 5.56 Å². The SMILES string of the molecule is CCS(=O)(=O)CCCC(CO)c1ccc(F)cc1. The van der Waals surface area contributed by atoms with Gasteiger partial charge in [0.25, 0.3) is 0 Å².